The zero-order chi connectivity index (χ0) is 14.0. The Morgan fingerprint density at radius 3 is 2.63 bits per heavy atom. The van der Waals surface area contributed by atoms with E-state index in [1.165, 1.54) is 23.5 Å². The predicted octanol–water partition coefficient (Wildman–Crippen LogP) is 3.00. The van der Waals surface area contributed by atoms with Gasteiger partial charge in [-0.05, 0) is 45.6 Å². The molecule has 0 fully saturated rings. The van der Waals surface area contributed by atoms with Crippen LogP contribution in [0, 0.1) is 5.82 Å². The molecule has 3 N–H and O–H groups in total. The van der Waals surface area contributed by atoms with Crippen molar-refractivity contribution in [3.05, 3.63) is 50.4 Å². The number of anilines is 1. The number of carbonyl (C=O) groups excluding carboxylic acids is 2. The molecule has 0 aliphatic heterocycles. The summed E-state index contributed by atoms with van der Waals surface area (Å²) < 4.78 is 14.2. The van der Waals surface area contributed by atoms with Crippen molar-refractivity contribution in [3.8, 4) is 0 Å². The fraction of sp³-hybridized carbons (Fsp3) is 0. The quantitative estimate of drug-likeness (QED) is 0.899. The van der Waals surface area contributed by atoms with E-state index in [9.17, 15) is 14.0 Å². The Labute approximate surface area is 120 Å². The van der Waals surface area contributed by atoms with Gasteiger partial charge in [-0.2, -0.15) is 0 Å². The Hall–Kier alpha value is -1.73. The number of benzene rings is 1. The van der Waals surface area contributed by atoms with E-state index in [4.69, 9.17) is 5.73 Å². The van der Waals surface area contributed by atoms with Crippen molar-refractivity contribution in [2.75, 3.05) is 5.32 Å². The lowest BCUT2D eigenvalue weighted by Gasteiger charge is -2.07. The summed E-state index contributed by atoms with van der Waals surface area (Å²) in [4.78, 5) is 23.4. The Bertz CT molecular complexity index is 657. The van der Waals surface area contributed by atoms with Gasteiger partial charge in [0.05, 0.1) is 5.69 Å². The number of hydrogen-bond acceptors (Lipinski definition) is 3. The van der Waals surface area contributed by atoms with Gasteiger partial charge < -0.3 is 11.1 Å². The summed E-state index contributed by atoms with van der Waals surface area (Å²) >= 11 is 4.44. The topological polar surface area (TPSA) is 72.2 Å². The average Bonchev–Trinajstić information content (AvgIpc) is 2.78. The number of amides is 2. The Balaban J connectivity index is 2.28. The third-order valence-electron chi connectivity index (χ3n) is 2.32. The molecular formula is C12H8BrFN2O2S. The minimum absolute atomic E-state index is 0.0819. The van der Waals surface area contributed by atoms with Crippen molar-refractivity contribution in [3.63, 3.8) is 0 Å². The van der Waals surface area contributed by atoms with Crippen LogP contribution in [0.2, 0.25) is 0 Å². The van der Waals surface area contributed by atoms with Crippen molar-refractivity contribution < 1.29 is 14.0 Å². The monoisotopic (exact) mass is 342 g/mol. The van der Waals surface area contributed by atoms with Crippen LogP contribution in [-0.4, -0.2) is 11.8 Å². The molecule has 1 aromatic carbocycles. The van der Waals surface area contributed by atoms with E-state index < -0.39 is 17.6 Å². The highest BCUT2D eigenvalue weighted by molar-refractivity contribution is 9.10. The zero-order valence-electron chi connectivity index (χ0n) is 9.44. The van der Waals surface area contributed by atoms with E-state index >= 15 is 0 Å². The maximum absolute atomic E-state index is 13.6. The number of rotatable bonds is 3. The lowest BCUT2D eigenvalue weighted by molar-refractivity contribution is 0.0996. The van der Waals surface area contributed by atoms with E-state index in [0.717, 1.165) is 6.07 Å². The molecular weight excluding hydrogens is 335 g/mol. The molecule has 7 heteroatoms. The number of nitrogens with one attached hydrogen (secondary N) is 1. The molecule has 0 aliphatic carbocycles. The SMILES string of the molecule is NC(=O)c1ccc(F)c(NC(=O)c2sccc2Br)c1. The molecule has 2 aromatic rings. The molecule has 0 aliphatic rings. The molecule has 2 amide bonds. The van der Waals surface area contributed by atoms with Gasteiger partial charge in [0.15, 0.2) is 0 Å². The number of hydrogen-bond donors (Lipinski definition) is 2. The Kier molecular flexibility index (Phi) is 3.96. The van der Waals surface area contributed by atoms with Crippen LogP contribution in [0.1, 0.15) is 20.0 Å². The average molecular weight is 343 g/mol. The molecule has 0 radical (unpaired) electrons. The highest BCUT2D eigenvalue weighted by Gasteiger charge is 2.14. The number of thiophene rings is 1. The Morgan fingerprint density at radius 1 is 1.32 bits per heavy atom. The van der Waals surface area contributed by atoms with E-state index in [-0.39, 0.29) is 11.3 Å². The summed E-state index contributed by atoms with van der Waals surface area (Å²) in [5, 5.41) is 4.14. The van der Waals surface area contributed by atoms with E-state index in [0.29, 0.717) is 9.35 Å². The first-order chi connectivity index (χ1) is 8.99. The van der Waals surface area contributed by atoms with Gasteiger partial charge in [0, 0.05) is 10.0 Å². The fourth-order valence-electron chi connectivity index (χ4n) is 1.41. The van der Waals surface area contributed by atoms with Crippen LogP contribution >= 0.6 is 27.3 Å². The number of halogens is 2. The number of primary amides is 1. The smallest absolute Gasteiger partial charge is 0.266 e. The van der Waals surface area contributed by atoms with Gasteiger partial charge in [0.1, 0.15) is 10.7 Å². The molecule has 0 unspecified atom stereocenters. The molecule has 1 aromatic heterocycles. The van der Waals surface area contributed by atoms with Crippen molar-refractivity contribution in [2.45, 2.75) is 0 Å². The van der Waals surface area contributed by atoms with Gasteiger partial charge in [0.25, 0.3) is 5.91 Å². The van der Waals surface area contributed by atoms with Gasteiger partial charge >= 0.3 is 0 Å². The van der Waals surface area contributed by atoms with E-state index in [1.807, 2.05) is 0 Å². The predicted molar refractivity (Wildman–Crippen MR) is 74.9 cm³/mol. The van der Waals surface area contributed by atoms with E-state index in [2.05, 4.69) is 21.2 Å². The van der Waals surface area contributed by atoms with Crippen molar-refractivity contribution in [2.24, 2.45) is 5.73 Å². The Morgan fingerprint density at radius 2 is 2.05 bits per heavy atom. The second-order valence-electron chi connectivity index (χ2n) is 3.61. The normalized spacial score (nSPS) is 10.2. The number of carbonyl (C=O) groups is 2. The summed E-state index contributed by atoms with van der Waals surface area (Å²) in [6, 6.07) is 5.26. The molecule has 0 saturated heterocycles. The number of nitrogens with two attached hydrogens (primary N) is 1. The second-order valence-corrected chi connectivity index (χ2v) is 5.38. The standard InChI is InChI=1S/C12H8BrFN2O2S/c13-7-3-4-19-10(7)12(18)16-9-5-6(11(15)17)1-2-8(9)14/h1-5H,(H2,15,17)(H,16,18). The van der Waals surface area contributed by atoms with Crippen LogP contribution in [0.3, 0.4) is 0 Å². The van der Waals surface area contributed by atoms with Crippen LogP contribution in [0.15, 0.2) is 34.1 Å². The molecule has 2 rings (SSSR count). The lowest BCUT2D eigenvalue weighted by Crippen LogP contribution is -2.15. The first-order valence-corrected chi connectivity index (χ1v) is 6.80. The molecule has 4 nitrogen and oxygen atoms in total. The van der Waals surface area contributed by atoms with Crippen molar-refractivity contribution in [1.29, 1.82) is 0 Å². The molecule has 0 saturated carbocycles. The fourth-order valence-corrected chi connectivity index (χ4v) is 2.86. The van der Waals surface area contributed by atoms with Crippen LogP contribution in [-0.2, 0) is 0 Å². The summed E-state index contributed by atoms with van der Waals surface area (Å²) in [6.07, 6.45) is 0. The third kappa shape index (κ3) is 2.99. The summed E-state index contributed by atoms with van der Waals surface area (Å²) in [5.41, 5.74) is 5.15. The first kappa shape index (κ1) is 13.7. The van der Waals surface area contributed by atoms with Crippen LogP contribution in [0.5, 0.6) is 0 Å². The maximum Gasteiger partial charge on any atom is 0.266 e. The summed E-state index contributed by atoms with van der Waals surface area (Å²) in [5.74, 6) is -1.78. The van der Waals surface area contributed by atoms with Crippen molar-refractivity contribution >= 4 is 44.8 Å². The minimum atomic E-state index is -0.687. The largest absolute Gasteiger partial charge is 0.366 e. The van der Waals surface area contributed by atoms with Gasteiger partial charge in [-0.3, -0.25) is 9.59 Å². The molecule has 19 heavy (non-hydrogen) atoms. The molecule has 0 spiro atoms. The molecule has 0 bridgehead atoms. The molecule has 98 valence electrons. The maximum atomic E-state index is 13.6. The van der Waals surface area contributed by atoms with Gasteiger partial charge in [-0.1, -0.05) is 0 Å². The van der Waals surface area contributed by atoms with Crippen molar-refractivity contribution in [1.82, 2.24) is 0 Å². The summed E-state index contributed by atoms with van der Waals surface area (Å²) in [7, 11) is 0. The van der Waals surface area contributed by atoms with E-state index in [1.54, 1.807) is 11.4 Å². The highest BCUT2D eigenvalue weighted by Crippen LogP contribution is 2.24. The summed E-state index contributed by atoms with van der Waals surface area (Å²) in [6.45, 7) is 0. The van der Waals surface area contributed by atoms with Gasteiger partial charge in [-0.15, -0.1) is 11.3 Å². The highest BCUT2D eigenvalue weighted by atomic mass is 79.9. The minimum Gasteiger partial charge on any atom is -0.366 e. The van der Waals surface area contributed by atoms with Crippen LogP contribution in [0.4, 0.5) is 10.1 Å². The first-order valence-electron chi connectivity index (χ1n) is 5.12. The van der Waals surface area contributed by atoms with Crippen LogP contribution in [0.25, 0.3) is 0 Å². The molecule has 1 heterocycles. The second kappa shape index (κ2) is 5.50. The molecule has 0 atom stereocenters. The third-order valence-corrected chi connectivity index (χ3v) is 4.16. The lowest BCUT2D eigenvalue weighted by atomic mass is 10.2. The zero-order valence-corrected chi connectivity index (χ0v) is 11.8. The van der Waals surface area contributed by atoms with Crippen LogP contribution < -0.4 is 11.1 Å². The van der Waals surface area contributed by atoms with Gasteiger partial charge in [-0.25, -0.2) is 4.39 Å². The van der Waals surface area contributed by atoms with Gasteiger partial charge in [0.2, 0.25) is 5.91 Å².